The number of benzene rings is 1. The summed E-state index contributed by atoms with van der Waals surface area (Å²) in [7, 11) is 2.04. The standard InChI is InChI=1S/C16H24N2/c1-12(17-2)15-8-3-4-9-16(15)18-10-13-6-5-7-14(13)11-18/h3-4,8-9,12-14,17H,5-7,10-11H2,1-2H3. The molecule has 0 bridgehead atoms. The van der Waals surface area contributed by atoms with Crippen molar-refractivity contribution in [3.63, 3.8) is 0 Å². The molecule has 3 atom stereocenters. The maximum atomic E-state index is 3.37. The zero-order valence-electron chi connectivity index (χ0n) is 11.5. The normalized spacial score (nSPS) is 28.4. The molecule has 0 amide bonds. The summed E-state index contributed by atoms with van der Waals surface area (Å²) < 4.78 is 0. The van der Waals surface area contributed by atoms with Crippen molar-refractivity contribution >= 4 is 5.69 Å². The highest BCUT2D eigenvalue weighted by atomic mass is 15.2. The Hall–Kier alpha value is -1.02. The third-order valence-electron chi connectivity index (χ3n) is 4.90. The van der Waals surface area contributed by atoms with Gasteiger partial charge in [0.1, 0.15) is 0 Å². The fourth-order valence-electron chi connectivity index (χ4n) is 3.73. The summed E-state index contributed by atoms with van der Waals surface area (Å²) in [6.07, 6.45) is 4.35. The molecule has 2 nitrogen and oxygen atoms in total. The Morgan fingerprint density at radius 3 is 2.50 bits per heavy atom. The molecule has 0 spiro atoms. The number of rotatable bonds is 3. The lowest BCUT2D eigenvalue weighted by Gasteiger charge is -2.25. The molecule has 2 aliphatic rings. The van der Waals surface area contributed by atoms with Crippen molar-refractivity contribution in [1.29, 1.82) is 0 Å². The highest BCUT2D eigenvalue weighted by molar-refractivity contribution is 5.56. The van der Waals surface area contributed by atoms with E-state index in [1.54, 1.807) is 0 Å². The molecule has 1 heterocycles. The molecule has 1 aromatic carbocycles. The van der Waals surface area contributed by atoms with Crippen LogP contribution < -0.4 is 10.2 Å². The van der Waals surface area contributed by atoms with Crippen LogP contribution in [0.15, 0.2) is 24.3 Å². The maximum Gasteiger partial charge on any atom is 0.0414 e. The van der Waals surface area contributed by atoms with Gasteiger partial charge in [-0.25, -0.2) is 0 Å². The van der Waals surface area contributed by atoms with Crippen molar-refractivity contribution in [3.8, 4) is 0 Å². The number of anilines is 1. The van der Waals surface area contributed by atoms with Crippen LogP contribution in [0.4, 0.5) is 5.69 Å². The Labute approximate surface area is 110 Å². The lowest BCUT2D eigenvalue weighted by atomic mass is 10.0. The van der Waals surface area contributed by atoms with Crippen LogP contribution in [0.25, 0.3) is 0 Å². The van der Waals surface area contributed by atoms with Crippen LogP contribution in [-0.2, 0) is 0 Å². The molecule has 1 aromatic rings. The third kappa shape index (κ3) is 2.03. The van der Waals surface area contributed by atoms with E-state index >= 15 is 0 Å². The van der Waals surface area contributed by atoms with E-state index < -0.39 is 0 Å². The minimum atomic E-state index is 0.432. The minimum Gasteiger partial charge on any atom is -0.371 e. The second-order valence-electron chi connectivity index (χ2n) is 5.93. The molecule has 3 rings (SSSR count). The molecule has 0 aromatic heterocycles. The predicted octanol–water partition coefficient (Wildman–Crippen LogP) is 3.20. The lowest BCUT2D eigenvalue weighted by Crippen LogP contribution is -2.24. The first-order chi connectivity index (χ1) is 8.79. The van der Waals surface area contributed by atoms with E-state index in [9.17, 15) is 0 Å². The van der Waals surface area contributed by atoms with E-state index in [-0.39, 0.29) is 0 Å². The van der Waals surface area contributed by atoms with E-state index in [1.807, 2.05) is 7.05 Å². The summed E-state index contributed by atoms with van der Waals surface area (Å²) in [5, 5.41) is 3.37. The van der Waals surface area contributed by atoms with Crippen LogP contribution >= 0.6 is 0 Å². The molecule has 18 heavy (non-hydrogen) atoms. The molecule has 2 heteroatoms. The van der Waals surface area contributed by atoms with Gasteiger partial charge in [0, 0.05) is 24.8 Å². The maximum absolute atomic E-state index is 3.37. The van der Waals surface area contributed by atoms with E-state index in [2.05, 4.69) is 41.4 Å². The zero-order valence-corrected chi connectivity index (χ0v) is 11.5. The molecule has 98 valence electrons. The van der Waals surface area contributed by atoms with Crippen molar-refractivity contribution in [3.05, 3.63) is 29.8 Å². The fraction of sp³-hybridized carbons (Fsp3) is 0.625. The molecule has 1 saturated heterocycles. The molecular formula is C16H24N2. The lowest BCUT2D eigenvalue weighted by molar-refractivity contribution is 0.494. The molecule has 1 saturated carbocycles. The van der Waals surface area contributed by atoms with Gasteiger partial charge in [-0.2, -0.15) is 0 Å². The van der Waals surface area contributed by atoms with Gasteiger partial charge in [-0.3, -0.25) is 0 Å². The third-order valence-corrected chi connectivity index (χ3v) is 4.90. The molecule has 3 unspecified atom stereocenters. The van der Waals surface area contributed by atoms with Gasteiger partial charge in [-0.05, 0) is 50.3 Å². The molecule has 1 aliphatic heterocycles. The van der Waals surface area contributed by atoms with Crippen LogP contribution in [0.1, 0.15) is 37.8 Å². The van der Waals surface area contributed by atoms with Gasteiger partial charge >= 0.3 is 0 Å². The number of nitrogens with zero attached hydrogens (tertiary/aromatic N) is 1. The number of fused-ring (bicyclic) bond motifs is 1. The van der Waals surface area contributed by atoms with Crippen molar-refractivity contribution in [1.82, 2.24) is 5.32 Å². The molecular weight excluding hydrogens is 220 g/mol. The molecule has 2 fully saturated rings. The van der Waals surface area contributed by atoms with Crippen molar-refractivity contribution in [2.24, 2.45) is 11.8 Å². The Bertz CT molecular complexity index is 403. The Morgan fingerprint density at radius 2 is 1.83 bits per heavy atom. The van der Waals surface area contributed by atoms with Crippen molar-refractivity contribution < 1.29 is 0 Å². The van der Waals surface area contributed by atoms with Crippen LogP contribution in [-0.4, -0.2) is 20.1 Å². The van der Waals surface area contributed by atoms with Gasteiger partial charge < -0.3 is 10.2 Å². The fourth-order valence-corrected chi connectivity index (χ4v) is 3.73. The van der Waals surface area contributed by atoms with Gasteiger partial charge in [0.2, 0.25) is 0 Å². The zero-order chi connectivity index (χ0) is 12.5. The number of hydrogen-bond donors (Lipinski definition) is 1. The molecule has 0 radical (unpaired) electrons. The predicted molar refractivity (Wildman–Crippen MR) is 77.0 cm³/mol. The summed E-state index contributed by atoms with van der Waals surface area (Å²) in [6.45, 7) is 4.80. The highest BCUT2D eigenvalue weighted by Crippen LogP contribution is 2.40. The summed E-state index contributed by atoms with van der Waals surface area (Å²) in [6, 6.07) is 9.33. The van der Waals surface area contributed by atoms with Gasteiger partial charge in [0.25, 0.3) is 0 Å². The van der Waals surface area contributed by atoms with Crippen molar-refractivity contribution in [2.45, 2.75) is 32.2 Å². The first-order valence-electron chi connectivity index (χ1n) is 7.30. The Kier molecular flexibility index (Phi) is 3.29. The van der Waals surface area contributed by atoms with Gasteiger partial charge in [0.15, 0.2) is 0 Å². The Balaban J connectivity index is 1.84. The summed E-state index contributed by atoms with van der Waals surface area (Å²) >= 11 is 0. The number of nitrogens with one attached hydrogen (secondary N) is 1. The van der Waals surface area contributed by atoms with Crippen LogP contribution in [0.3, 0.4) is 0 Å². The van der Waals surface area contributed by atoms with E-state index in [0.717, 1.165) is 11.8 Å². The van der Waals surface area contributed by atoms with Gasteiger partial charge in [-0.1, -0.05) is 24.6 Å². The smallest absolute Gasteiger partial charge is 0.0414 e. The average molecular weight is 244 g/mol. The van der Waals surface area contributed by atoms with Gasteiger partial charge in [-0.15, -0.1) is 0 Å². The summed E-state index contributed by atoms with van der Waals surface area (Å²) in [4.78, 5) is 2.62. The second kappa shape index (κ2) is 4.93. The SMILES string of the molecule is CNC(C)c1ccccc1N1CC2CCCC2C1. The van der Waals surface area contributed by atoms with Crippen LogP contribution in [0.2, 0.25) is 0 Å². The highest BCUT2D eigenvalue weighted by Gasteiger charge is 2.36. The summed E-state index contributed by atoms with van der Waals surface area (Å²) in [5.41, 5.74) is 2.90. The Morgan fingerprint density at radius 1 is 1.17 bits per heavy atom. The first-order valence-corrected chi connectivity index (χ1v) is 7.30. The monoisotopic (exact) mass is 244 g/mol. The second-order valence-corrected chi connectivity index (χ2v) is 5.93. The van der Waals surface area contributed by atoms with Crippen molar-refractivity contribution in [2.75, 3.05) is 25.0 Å². The van der Waals surface area contributed by atoms with E-state index in [4.69, 9.17) is 0 Å². The number of para-hydroxylation sites is 1. The van der Waals surface area contributed by atoms with Crippen LogP contribution in [0.5, 0.6) is 0 Å². The quantitative estimate of drug-likeness (QED) is 0.878. The molecule has 1 N–H and O–H groups in total. The van der Waals surface area contributed by atoms with Crippen LogP contribution in [0, 0.1) is 11.8 Å². The largest absolute Gasteiger partial charge is 0.371 e. The van der Waals surface area contributed by atoms with Gasteiger partial charge in [0.05, 0.1) is 0 Å². The first kappa shape index (κ1) is 12.0. The summed E-state index contributed by atoms with van der Waals surface area (Å²) in [5.74, 6) is 1.92. The minimum absolute atomic E-state index is 0.432. The molecule has 1 aliphatic carbocycles. The van der Waals surface area contributed by atoms with E-state index in [1.165, 1.54) is 43.6 Å². The number of hydrogen-bond acceptors (Lipinski definition) is 2. The topological polar surface area (TPSA) is 15.3 Å². The van der Waals surface area contributed by atoms with E-state index in [0.29, 0.717) is 6.04 Å². The average Bonchev–Trinajstić information content (AvgIpc) is 2.98.